The Morgan fingerprint density at radius 3 is 2.81 bits per heavy atom. The van der Waals surface area contributed by atoms with E-state index in [4.69, 9.17) is 10.5 Å². The molecule has 1 aliphatic carbocycles. The van der Waals surface area contributed by atoms with Crippen LogP contribution in [0.15, 0.2) is 23.1 Å². The molecule has 0 bridgehead atoms. The number of methoxy groups -OCH3 is 1. The Morgan fingerprint density at radius 2 is 2.24 bits per heavy atom. The van der Waals surface area contributed by atoms with Gasteiger partial charge in [0.25, 0.3) is 0 Å². The largest absolute Gasteiger partial charge is 0.495 e. The molecule has 1 fully saturated rings. The maximum atomic E-state index is 12.3. The van der Waals surface area contributed by atoms with Gasteiger partial charge in [-0.3, -0.25) is 0 Å². The fraction of sp³-hybridized carbons (Fsp3) is 0.467. The van der Waals surface area contributed by atoms with Gasteiger partial charge in [-0.25, -0.2) is 13.1 Å². The molecule has 0 saturated heterocycles. The van der Waals surface area contributed by atoms with Crippen LogP contribution in [0.3, 0.4) is 0 Å². The lowest BCUT2D eigenvalue weighted by atomic mass is 10.2. The second-order valence-corrected chi connectivity index (χ2v) is 6.71. The van der Waals surface area contributed by atoms with E-state index in [-0.39, 0.29) is 17.5 Å². The third-order valence-corrected chi connectivity index (χ3v) is 5.05. The lowest BCUT2D eigenvalue weighted by Gasteiger charge is -2.09. The quantitative estimate of drug-likeness (QED) is 0.798. The summed E-state index contributed by atoms with van der Waals surface area (Å²) in [5.41, 5.74) is 5.87. The second-order valence-electron chi connectivity index (χ2n) is 5.00. The lowest BCUT2D eigenvalue weighted by Crippen LogP contribution is -2.27. The van der Waals surface area contributed by atoms with Crippen molar-refractivity contribution < 1.29 is 13.2 Å². The molecule has 1 aliphatic rings. The van der Waals surface area contributed by atoms with Crippen LogP contribution in [0, 0.1) is 17.8 Å². The number of ether oxygens (including phenoxy) is 1. The first-order chi connectivity index (χ1) is 10.0. The zero-order chi connectivity index (χ0) is 15.5. The summed E-state index contributed by atoms with van der Waals surface area (Å²) < 4.78 is 32.6. The van der Waals surface area contributed by atoms with Gasteiger partial charge in [0.2, 0.25) is 10.0 Å². The number of hydrogen-bond acceptors (Lipinski definition) is 4. The first kappa shape index (κ1) is 15.8. The van der Waals surface area contributed by atoms with Crippen molar-refractivity contribution in [2.24, 2.45) is 11.7 Å². The van der Waals surface area contributed by atoms with Crippen LogP contribution in [0.1, 0.15) is 25.3 Å². The van der Waals surface area contributed by atoms with E-state index >= 15 is 0 Å². The summed E-state index contributed by atoms with van der Waals surface area (Å²) in [4.78, 5) is 0.200. The zero-order valence-corrected chi connectivity index (χ0v) is 13.0. The van der Waals surface area contributed by atoms with E-state index in [1.54, 1.807) is 6.07 Å². The highest BCUT2D eigenvalue weighted by atomic mass is 32.2. The Morgan fingerprint density at radius 1 is 1.48 bits per heavy atom. The number of sulfonamides is 1. The van der Waals surface area contributed by atoms with Gasteiger partial charge >= 0.3 is 0 Å². The molecule has 3 N–H and O–H groups in total. The third-order valence-electron chi connectivity index (χ3n) is 3.56. The minimum Gasteiger partial charge on any atom is -0.495 e. The smallest absolute Gasteiger partial charge is 0.240 e. The second kappa shape index (κ2) is 6.48. The SMILES string of the molecule is CCC1CC1NS(=O)(=O)c1ccc(OC)c(C#CCN)c1. The Labute approximate surface area is 125 Å². The normalized spacial score (nSPS) is 20.5. The Balaban J connectivity index is 2.27. The van der Waals surface area contributed by atoms with Gasteiger partial charge in [0.05, 0.1) is 24.1 Å². The van der Waals surface area contributed by atoms with Gasteiger partial charge in [-0.2, -0.15) is 0 Å². The minimum atomic E-state index is -3.52. The van der Waals surface area contributed by atoms with Gasteiger partial charge < -0.3 is 10.5 Å². The molecule has 0 aliphatic heterocycles. The molecule has 6 heteroatoms. The number of rotatable bonds is 5. The van der Waals surface area contributed by atoms with Gasteiger partial charge in [0.1, 0.15) is 5.75 Å². The molecule has 2 rings (SSSR count). The molecular weight excluding hydrogens is 288 g/mol. The molecule has 0 radical (unpaired) electrons. The highest BCUT2D eigenvalue weighted by Gasteiger charge is 2.38. The van der Waals surface area contributed by atoms with Crippen LogP contribution in [0.2, 0.25) is 0 Å². The van der Waals surface area contributed by atoms with E-state index in [0.717, 1.165) is 12.8 Å². The van der Waals surface area contributed by atoms with E-state index in [9.17, 15) is 8.42 Å². The van der Waals surface area contributed by atoms with Crippen molar-refractivity contribution in [2.45, 2.75) is 30.7 Å². The van der Waals surface area contributed by atoms with Crippen LogP contribution in [0.5, 0.6) is 5.75 Å². The van der Waals surface area contributed by atoms with Gasteiger partial charge in [-0.15, -0.1) is 0 Å². The predicted molar refractivity (Wildman–Crippen MR) is 81.4 cm³/mol. The van der Waals surface area contributed by atoms with Gasteiger partial charge in [0, 0.05) is 6.04 Å². The van der Waals surface area contributed by atoms with Crippen molar-refractivity contribution in [2.75, 3.05) is 13.7 Å². The van der Waals surface area contributed by atoms with Crippen LogP contribution in [-0.2, 0) is 10.0 Å². The molecule has 1 saturated carbocycles. The van der Waals surface area contributed by atoms with Crippen LogP contribution < -0.4 is 15.2 Å². The summed E-state index contributed by atoms with van der Waals surface area (Å²) in [5, 5.41) is 0. The Bertz CT molecular complexity index is 674. The molecular formula is C15H20N2O3S. The molecule has 1 aromatic rings. The Kier molecular flexibility index (Phi) is 4.88. The fourth-order valence-electron chi connectivity index (χ4n) is 2.21. The molecule has 0 spiro atoms. The summed E-state index contributed by atoms with van der Waals surface area (Å²) in [7, 11) is -2.00. The van der Waals surface area contributed by atoms with E-state index in [1.807, 2.05) is 0 Å². The topological polar surface area (TPSA) is 81.4 Å². The standard InChI is InChI=1S/C15H20N2O3S/c1-3-11-10-14(11)17-21(18,19)13-6-7-15(20-2)12(9-13)5-4-8-16/h6-7,9,11,14,17H,3,8,10,16H2,1-2H3. The average Bonchev–Trinajstić information content (AvgIpc) is 3.22. The summed E-state index contributed by atoms with van der Waals surface area (Å²) in [6.07, 6.45) is 1.90. The number of nitrogens with one attached hydrogen (secondary N) is 1. The molecule has 2 atom stereocenters. The van der Waals surface area contributed by atoms with E-state index in [2.05, 4.69) is 23.5 Å². The molecule has 114 valence electrons. The number of nitrogens with two attached hydrogens (primary N) is 1. The van der Waals surface area contributed by atoms with Crippen LogP contribution >= 0.6 is 0 Å². The van der Waals surface area contributed by atoms with Crippen LogP contribution in [0.4, 0.5) is 0 Å². The predicted octanol–water partition coefficient (Wildman–Crippen LogP) is 1.08. The highest BCUT2D eigenvalue weighted by Crippen LogP contribution is 2.34. The van der Waals surface area contributed by atoms with Crippen LogP contribution in [-0.4, -0.2) is 28.1 Å². The Hall–Kier alpha value is -1.55. The summed E-state index contributed by atoms with van der Waals surface area (Å²) in [5.74, 6) is 6.53. The molecule has 21 heavy (non-hydrogen) atoms. The van der Waals surface area contributed by atoms with Crippen molar-refractivity contribution >= 4 is 10.0 Å². The average molecular weight is 308 g/mol. The molecule has 1 aromatic carbocycles. The van der Waals surface area contributed by atoms with E-state index < -0.39 is 10.0 Å². The van der Waals surface area contributed by atoms with Crippen molar-refractivity contribution in [3.8, 4) is 17.6 Å². The summed E-state index contributed by atoms with van der Waals surface area (Å²) in [6.45, 7) is 2.27. The first-order valence-electron chi connectivity index (χ1n) is 6.91. The molecule has 5 nitrogen and oxygen atoms in total. The molecule has 0 aromatic heterocycles. The maximum absolute atomic E-state index is 12.3. The molecule has 0 amide bonds. The van der Waals surface area contributed by atoms with Crippen molar-refractivity contribution in [1.82, 2.24) is 4.72 Å². The molecule has 2 unspecified atom stereocenters. The van der Waals surface area contributed by atoms with Crippen molar-refractivity contribution in [3.05, 3.63) is 23.8 Å². The third kappa shape index (κ3) is 3.76. The van der Waals surface area contributed by atoms with Gasteiger partial charge in [-0.1, -0.05) is 25.2 Å². The minimum absolute atomic E-state index is 0.0562. The first-order valence-corrected chi connectivity index (χ1v) is 8.39. The summed E-state index contributed by atoms with van der Waals surface area (Å²) in [6, 6.07) is 4.71. The van der Waals surface area contributed by atoms with E-state index in [1.165, 1.54) is 19.2 Å². The zero-order valence-electron chi connectivity index (χ0n) is 12.2. The van der Waals surface area contributed by atoms with Crippen molar-refractivity contribution in [3.63, 3.8) is 0 Å². The van der Waals surface area contributed by atoms with Crippen molar-refractivity contribution in [1.29, 1.82) is 0 Å². The highest BCUT2D eigenvalue weighted by molar-refractivity contribution is 7.89. The van der Waals surface area contributed by atoms with Crippen LogP contribution in [0.25, 0.3) is 0 Å². The lowest BCUT2D eigenvalue weighted by molar-refractivity contribution is 0.413. The fourth-order valence-corrected chi connectivity index (χ4v) is 3.55. The van der Waals surface area contributed by atoms with Gasteiger partial charge in [-0.05, 0) is 30.5 Å². The summed E-state index contributed by atoms with van der Waals surface area (Å²) >= 11 is 0. The molecule has 0 heterocycles. The maximum Gasteiger partial charge on any atom is 0.240 e. The number of benzene rings is 1. The monoisotopic (exact) mass is 308 g/mol. The van der Waals surface area contributed by atoms with E-state index in [0.29, 0.717) is 17.2 Å². The number of hydrogen-bond donors (Lipinski definition) is 2. The van der Waals surface area contributed by atoms with Gasteiger partial charge in [0.15, 0.2) is 0 Å².